The summed E-state index contributed by atoms with van der Waals surface area (Å²) in [5.41, 5.74) is 10.9. The van der Waals surface area contributed by atoms with Gasteiger partial charge in [-0.3, -0.25) is 9.21 Å². The van der Waals surface area contributed by atoms with Crippen LogP contribution >= 0.6 is 0 Å². The Morgan fingerprint density at radius 2 is 1.78 bits per heavy atom. The number of aromatic nitrogens is 1. The zero-order chi connectivity index (χ0) is 26.4. The van der Waals surface area contributed by atoms with Gasteiger partial charge in [-0.1, -0.05) is 25.5 Å². The van der Waals surface area contributed by atoms with Gasteiger partial charge in [0, 0.05) is 50.2 Å². The fraction of sp³-hybridized carbons (Fsp3) is 0.500. The summed E-state index contributed by atoms with van der Waals surface area (Å²) in [6.45, 7) is 10.1. The number of ether oxygens (including phenoxy) is 2. The fourth-order valence-corrected chi connectivity index (χ4v) is 6.21. The van der Waals surface area contributed by atoms with E-state index in [1.807, 2.05) is 43.3 Å². The number of nitrogens with two attached hydrogens (primary N) is 1. The first-order valence-corrected chi connectivity index (χ1v) is 14.9. The molecule has 1 fully saturated rings. The number of fused-ring (bicyclic) bond motifs is 1. The molecule has 8 nitrogen and oxygen atoms in total. The van der Waals surface area contributed by atoms with Crippen molar-refractivity contribution in [3.63, 3.8) is 0 Å². The van der Waals surface area contributed by atoms with Crippen molar-refractivity contribution >= 4 is 32.3 Å². The second-order valence-corrected chi connectivity index (χ2v) is 11.6. The van der Waals surface area contributed by atoms with Gasteiger partial charge < -0.3 is 19.8 Å². The molecule has 3 aromatic rings. The molecule has 1 aliphatic heterocycles. The summed E-state index contributed by atoms with van der Waals surface area (Å²) in [4.78, 5) is 2.41. The van der Waals surface area contributed by atoms with Gasteiger partial charge in [-0.2, -0.15) is 0 Å². The number of nitrogen functional groups attached to an aromatic ring is 1. The van der Waals surface area contributed by atoms with Crippen LogP contribution < -0.4 is 14.8 Å². The van der Waals surface area contributed by atoms with Gasteiger partial charge in [0.2, 0.25) is 10.0 Å². The molecule has 2 heterocycles. The highest BCUT2D eigenvalue weighted by Gasteiger charge is 2.20. The van der Waals surface area contributed by atoms with Crippen molar-refractivity contribution in [3.05, 3.63) is 42.5 Å². The van der Waals surface area contributed by atoms with Crippen LogP contribution in [0.1, 0.15) is 33.1 Å². The molecule has 4 rings (SSSR count). The van der Waals surface area contributed by atoms with Crippen LogP contribution in [-0.2, 0) is 21.3 Å². The predicted molar refractivity (Wildman–Crippen MR) is 152 cm³/mol. The summed E-state index contributed by atoms with van der Waals surface area (Å²) >= 11 is 0. The Balaban J connectivity index is 1.51. The Morgan fingerprint density at radius 1 is 1.05 bits per heavy atom. The van der Waals surface area contributed by atoms with Crippen LogP contribution in [-0.4, -0.2) is 70.1 Å². The minimum absolute atomic E-state index is 0.149. The topological polar surface area (TPSA) is 90.0 Å². The van der Waals surface area contributed by atoms with Gasteiger partial charge in [-0.05, 0) is 44.0 Å². The first-order chi connectivity index (χ1) is 17.9. The van der Waals surface area contributed by atoms with Crippen molar-refractivity contribution < 1.29 is 17.9 Å². The van der Waals surface area contributed by atoms with Crippen LogP contribution in [0.5, 0.6) is 5.75 Å². The summed E-state index contributed by atoms with van der Waals surface area (Å²) in [6.07, 6.45) is 2.46. The van der Waals surface area contributed by atoms with Gasteiger partial charge in [0.15, 0.2) is 0 Å². The number of unbranched alkanes of at least 4 members (excludes halogenated alkanes) is 1. The maximum atomic E-state index is 12.6. The number of anilines is 2. The van der Waals surface area contributed by atoms with E-state index < -0.39 is 10.0 Å². The van der Waals surface area contributed by atoms with Gasteiger partial charge in [-0.15, -0.1) is 0 Å². The second kappa shape index (κ2) is 12.2. The van der Waals surface area contributed by atoms with E-state index in [4.69, 9.17) is 15.2 Å². The average Bonchev–Trinajstić information content (AvgIpc) is 3.21. The van der Waals surface area contributed by atoms with Crippen molar-refractivity contribution in [2.24, 2.45) is 0 Å². The Labute approximate surface area is 221 Å². The number of aryl methyl sites for hydroxylation is 1. The fourth-order valence-electron chi connectivity index (χ4n) is 4.84. The van der Waals surface area contributed by atoms with Crippen molar-refractivity contribution in [2.75, 3.05) is 62.3 Å². The highest BCUT2D eigenvalue weighted by atomic mass is 32.2. The molecule has 0 atom stereocenters. The van der Waals surface area contributed by atoms with Gasteiger partial charge in [0.25, 0.3) is 0 Å². The van der Waals surface area contributed by atoms with Crippen LogP contribution in [0.3, 0.4) is 0 Å². The third-order valence-corrected chi connectivity index (χ3v) is 8.91. The zero-order valence-corrected chi connectivity index (χ0v) is 23.1. The summed E-state index contributed by atoms with van der Waals surface area (Å²) < 4.78 is 40.3. The van der Waals surface area contributed by atoms with E-state index in [2.05, 4.69) is 22.5 Å². The predicted octanol–water partition coefficient (Wildman–Crippen LogP) is 4.58. The van der Waals surface area contributed by atoms with E-state index in [-0.39, 0.29) is 5.75 Å². The second-order valence-electron chi connectivity index (χ2n) is 9.53. The Hall–Kier alpha value is -2.75. The van der Waals surface area contributed by atoms with Crippen LogP contribution in [0, 0.1) is 0 Å². The van der Waals surface area contributed by atoms with Crippen LogP contribution in [0.2, 0.25) is 0 Å². The number of nitrogens with zero attached hydrogens (tertiary/aromatic N) is 3. The molecule has 1 saturated heterocycles. The summed E-state index contributed by atoms with van der Waals surface area (Å²) in [6, 6.07) is 13.7. The quantitative estimate of drug-likeness (QED) is 0.346. The molecule has 2 aromatic carbocycles. The number of morpholine rings is 1. The monoisotopic (exact) mass is 528 g/mol. The lowest BCUT2D eigenvalue weighted by atomic mass is 10.1. The molecular weight excluding hydrogens is 488 g/mol. The first kappa shape index (κ1) is 27.3. The summed E-state index contributed by atoms with van der Waals surface area (Å²) in [5, 5.41) is 0.987. The van der Waals surface area contributed by atoms with E-state index in [1.165, 1.54) is 4.31 Å². The molecule has 0 saturated carbocycles. The van der Waals surface area contributed by atoms with E-state index >= 15 is 0 Å². The Kier molecular flexibility index (Phi) is 9.00. The van der Waals surface area contributed by atoms with Crippen molar-refractivity contribution in [1.29, 1.82) is 0 Å². The Bertz CT molecular complexity index is 1280. The van der Waals surface area contributed by atoms with E-state index in [1.54, 1.807) is 7.05 Å². The molecule has 9 heteroatoms. The van der Waals surface area contributed by atoms with E-state index in [0.717, 1.165) is 80.1 Å². The molecule has 1 aliphatic rings. The summed E-state index contributed by atoms with van der Waals surface area (Å²) in [7, 11) is -1.72. The normalized spacial score (nSPS) is 14.8. The third-order valence-electron chi connectivity index (χ3n) is 7.06. The lowest BCUT2D eigenvalue weighted by molar-refractivity contribution is 0.0358. The third kappa shape index (κ3) is 6.22. The molecule has 37 heavy (non-hydrogen) atoms. The highest BCUT2D eigenvalue weighted by Crippen LogP contribution is 2.38. The number of benzene rings is 2. The minimum atomic E-state index is -3.33. The van der Waals surface area contributed by atoms with Crippen LogP contribution in [0.15, 0.2) is 42.5 Å². The number of rotatable bonds is 12. The average molecular weight is 529 g/mol. The molecule has 0 aliphatic carbocycles. The Morgan fingerprint density at radius 3 is 2.46 bits per heavy atom. The maximum Gasteiger partial charge on any atom is 0.234 e. The van der Waals surface area contributed by atoms with Crippen molar-refractivity contribution in [1.82, 2.24) is 9.47 Å². The smallest absolute Gasteiger partial charge is 0.234 e. The number of sulfonamides is 1. The largest absolute Gasteiger partial charge is 0.493 e. The molecule has 0 bridgehead atoms. The molecular formula is C28H40N4O4S. The van der Waals surface area contributed by atoms with Crippen molar-refractivity contribution in [3.8, 4) is 17.0 Å². The minimum Gasteiger partial charge on any atom is -0.493 e. The lowest BCUT2D eigenvalue weighted by Crippen LogP contribution is -2.37. The first-order valence-electron chi connectivity index (χ1n) is 13.3. The van der Waals surface area contributed by atoms with Gasteiger partial charge >= 0.3 is 0 Å². The molecule has 2 N–H and O–H groups in total. The standard InChI is InChI=1S/C28H40N4O4S/c1-4-6-20-37(33,34)30(3)23-10-8-22(9-11-23)28-27(29)25-13-12-24(21-26(25)32(28)5-2)36-17-7-14-31-15-18-35-19-16-31/h8-13,21H,4-7,14-20,29H2,1-3H3. The molecule has 0 amide bonds. The molecule has 0 unspecified atom stereocenters. The van der Waals surface area contributed by atoms with Gasteiger partial charge in [0.1, 0.15) is 5.75 Å². The van der Waals surface area contributed by atoms with Gasteiger partial charge in [-0.25, -0.2) is 8.42 Å². The molecule has 0 spiro atoms. The molecule has 0 radical (unpaired) electrons. The number of hydrogen-bond donors (Lipinski definition) is 1. The van der Waals surface area contributed by atoms with E-state index in [9.17, 15) is 8.42 Å². The lowest BCUT2D eigenvalue weighted by Gasteiger charge is -2.26. The van der Waals surface area contributed by atoms with E-state index in [0.29, 0.717) is 24.4 Å². The SMILES string of the molecule is CCCCS(=O)(=O)N(C)c1ccc(-c2c(N)c3ccc(OCCCN4CCOCC4)cc3n2CC)cc1. The van der Waals surface area contributed by atoms with Crippen LogP contribution in [0.25, 0.3) is 22.2 Å². The van der Waals surface area contributed by atoms with Crippen molar-refractivity contribution in [2.45, 2.75) is 39.7 Å². The maximum absolute atomic E-state index is 12.6. The van der Waals surface area contributed by atoms with Crippen LogP contribution in [0.4, 0.5) is 11.4 Å². The number of hydrogen-bond acceptors (Lipinski definition) is 6. The zero-order valence-electron chi connectivity index (χ0n) is 22.3. The highest BCUT2D eigenvalue weighted by molar-refractivity contribution is 7.92. The molecule has 202 valence electrons. The molecule has 1 aromatic heterocycles. The summed E-state index contributed by atoms with van der Waals surface area (Å²) in [5.74, 6) is 0.985. The van der Waals surface area contributed by atoms with Gasteiger partial charge in [0.05, 0.1) is 48.2 Å².